The quantitative estimate of drug-likeness (QED) is 0.728. The van der Waals surface area contributed by atoms with E-state index in [1.165, 1.54) is 5.69 Å². The van der Waals surface area contributed by atoms with Gasteiger partial charge in [-0.3, -0.25) is 4.98 Å². The summed E-state index contributed by atoms with van der Waals surface area (Å²) in [5.74, 6) is 1.97. The number of aryl methyl sites for hydroxylation is 1. The predicted octanol–water partition coefficient (Wildman–Crippen LogP) is 2.67. The number of anilines is 1. The van der Waals surface area contributed by atoms with Gasteiger partial charge in [-0.1, -0.05) is 30.3 Å². The first-order chi connectivity index (χ1) is 10.8. The van der Waals surface area contributed by atoms with E-state index in [0.717, 1.165) is 42.5 Å². The molecule has 0 saturated heterocycles. The van der Waals surface area contributed by atoms with Gasteiger partial charge < -0.3 is 9.47 Å². The van der Waals surface area contributed by atoms with Crippen LogP contribution in [0.1, 0.15) is 11.5 Å². The van der Waals surface area contributed by atoms with Gasteiger partial charge >= 0.3 is 0 Å². The molecule has 4 rings (SSSR count). The maximum Gasteiger partial charge on any atom is 0.164 e. The number of fused-ring (bicyclic) bond motifs is 1. The molecule has 1 aliphatic rings. The molecule has 0 aliphatic carbocycles. The number of hydrogen-bond donors (Lipinski definition) is 0. The predicted molar refractivity (Wildman–Crippen MR) is 85.5 cm³/mol. The summed E-state index contributed by atoms with van der Waals surface area (Å²) in [7, 11) is 0. The van der Waals surface area contributed by atoms with Crippen LogP contribution in [0.3, 0.4) is 0 Å². The number of aromatic nitrogens is 4. The van der Waals surface area contributed by atoms with Gasteiger partial charge in [-0.05, 0) is 19.1 Å². The van der Waals surface area contributed by atoms with E-state index in [9.17, 15) is 0 Å². The Morgan fingerprint density at radius 3 is 2.68 bits per heavy atom. The second-order valence-corrected chi connectivity index (χ2v) is 5.53. The van der Waals surface area contributed by atoms with Gasteiger partial charge in [-0.25, -0.2) is 0 Å². The van der Waals surface area contributed by atoms with Crippen LogP contribution in [0.25, 0.3) is 11.4 Å². The summed E-state index contributed by atoms with van der Waals surface area (Å²) in [6, 6.07) is 14.4. The minimum Gasteiger partial charge on any atom is -0.362 e. The normalized spacial score (nSPS) is 14.0. The van der Waals surface area contributed by atoms with Crippen molar-refractivity contribution in [3.8, 4) is 11.4 Å². The summed E-state index contributed by atoms with van der Waals surface area (Å²) in [5, 5.41) is 8.77. The van der Waals surface area contributed by atoms with Crippen LogP contribution in [0.5, 0.6) is 0 Å². The molecule has 0 N–H and O–H groups in total. The van der Waals surface area contributed by atoms with Crippen molar-refractivity contribution >= 4 is 5.69 Å². The van der Waals surface area contributed by atoms with Crippen LogP contribution in [0.2, 0.25) is 0 Å². The molecule has 0 fully saturated rings. The van der Waals surface area contributed by atoms with Crippen molar-refractivity contribution in [2.45, 2.75) is 20.0 Å². The fourth-order valence-electron chi connectivity index (χ4n) is 2.91. The molecule has 110 valence electrons. The molecule has 0 saturated carbocycles. The van der Waals surface area contributed by atoms with E-state index < -0.39 is 0 Å². The summed E-state index contributed by atoms with van der Waals surface area (Å²) in [6.45, 7) is 4.65. The lowest BCUT2D eigenvalue weighted by Gasteiger charge is -2.29. The first kappa shape index (κ1) is 13.0. The van der Waals surface area contributed by atoms with E-state index in [-0.39, 0.29) is 0 Å². The molecule has 1 aromatic carbocycles. The minimum absolute atomic E-state index is 0.781. The van der Waals surface area contributed by atoms with E-state index in [1.54, 1.807) is 0 Å². The number of nitrogens with zero attached hydrogens (tertiary/aromatic N) is 5. The van der Waals surface area contributed by atoms with Crippen molar-refractivity contribution in [2.24, 2.45) is 0 Å². The summed E-state index contributed by atoms with van der Waals surface area (Å²) in [5.41, 5.74) is 3.35. The molecule has 0 spiro atoms. The molecule has 2 aromatic heterocycles. The number of benzene rings is 1. The van der Waals surface area contributed by atoms with E-state index in [0.29, 0.717) is 0 Å². The Kier molecular flexibility index (Phi) is 3.11. The SMILES string of the molecule is Cc1cc(N2CCn3c(nnc3-c3ccccc3)C2)ccn1. The maximum absolute atomic E-state index is 4.39. The highest BCUT2D eigenvalue weighted by Crippen LogP contribution is 2.24. The van der Waals surface area contributed by atoms with Crippen molar-refractivity contribution < 1.29 is 0 Å². The lowest BCUT2D eigenvalue weighted by molar-refractivity contribution is 0.563. The molecule has 5 nitrogen and oxygen atoms in total. The van der Waals surface area contributed by atoms with Crippen molar-refractivity contribution in [3.63, 3.8) is 0 Å². The van der Waals surface area contributed by atoms with E-state index in [1.807, 2.05) is 31.3 Å². The van der Waals surface area contributed by atoms with E-state index in [4.69, 9.17) is 0 Å². The largest absolute Gasteiger partial charge is 0.362 e. The monoisotopic (exact) mass is 291 g/mol. The van der Waals surface area contributed by atoms with Gasteiger partial charge in [0.05, 0.1) is 6.54 Å². The van der Waals surface area contributed by atoms with Gasteiger partial charge in [0.25, 0.3) is 0 Å². The maximum atomic E-state index is 4.39. The lowest BCUT2D eigenvalue weighted by Crippen LogP contribution is -2.34. The molecule has 0 bridgehead atoms. The van der Waals surface area contributed by atoms with Gasteiger partial charge in [0.15, 0.2) is 11.6 Å². The summed E-state index contributed by atoms with van der Waals surface area (Å²) in [4.78, 5) is 6.59. The Balaban J connectivity index is 1.64. The van der Waals surface area contributed by atoms with Crippen LogP contribution in [-0.4, -0.2) is 26.3 Å². The molecule has 1 aliphatic heterocycles. The third-order valence-corrected chi connectivity index (χ3v) is 4.03. The standard InChI is InChI=1S/C17H17N5/c1-13-11-15(7-8-18-13)21-9-10-22-16(12-21)19-20-17(22)14-5-3-2-4-6-14/h2-8,11H,9-10,12H2,1H3. The molecule has 5 heteroatoms. The molecular formula is C17H17N5. The zero-order valence-electron chi connectivity index (χ0n) is 12.5. The minimum atomic E-state index is 0.781. The molecule has 22 heavy (non-hydrogen) atoms. The Morgan fingerprint density at radius 2 is 1.86 bits per heavy atom. The van der Waals surface area contributed by atoms with Gasteiger partial charge in [-0.2, -0.15) is 0 Å². The van der Waals surface area contributed by atoms with Crippen molar-refractivity contribution in [1.29, 1.82) is 0 Å². The van der Waals surface area contributed by atoms with Gasteiger partial charge in [-0.15, -0.1) is 10.2 Å². The smallest absolute Gasteiger partial charge is 0.164 e. The van der Waals surface area contributed by atoms with Crippen LogP contribution in [-0.2, 0) is 13.1 Å². The average molecular weight is 291 g/mol. The molecule has 3 heterocycles. The van der Waals surface area contributed by atoms with Crippen LogP contribution in [0.4, 0.5) is 5.69 Å². The Morgan fingerprint density at radius 1 is 1.00 bits per heavy atom. The zero-order chi connectivity index (χ0) is 14.9. The topological polar surface area (TPSA) is 46.8 Å². The Labute approximate surface area is 129 Å². The summed E-state index contributed by atoms with van der Waals surface area (Å²) < 4.78 is 2.22. The highest BCUT2D eigenvalue weighted by Gasteiger charge is 2.22. The fourth-order valence-corrected chi connectivity index (χ4v) is 2.91. The molecule has 0 amide bonds. The van der Waals surface area contributed by atoms with Crippen LogP contribution < -0.4 is 4.90 Å². The molecule has 0 unspecified atom stereocenters. The van der Waals surface area contributed by atoms with E-state index >= 15 is 0 Å². The van der Waals surface area contributed by atoms with Gasteiger partial charge in [0.2, 0.25) is 0 Å². The van der Waals surface area contributed by atoms with Gasteiger partial charge in [0, 0.05) is 36.2 Å². The highest BCUT2D eigenvalue weighted by molar-refractivity contribution is 5.56. The number of hydrogen-bond acceptors (Lipinski definition) is 4. The van der Waals surface area contributed by atoms with Crippen LogP contribution >= 0.6 is 0 Å². The second kappa shape index (κ2) is 5.26. The second-order valence-electron chi connectivity index (χ2n) is 5.53. The van der Waals surface area contributed by atoms with Crippen molar-refractivity contribution in [2.75, 3.05) is 11.4 Å². The van der Waals surface area contributed by atoms with Gasteiger partial charge in [0.1, 0.15) is 0 Å². The first-order valence-corrected chi connectivity index (χ1v) is 7.46. The Hall–Kier alpha value is -2.69. The van der Waals surface area contributed by atoms with Crippen LogP contribution in [0.15, 0.2) is 48.7 Å². The number of pyridine rings is 1. The summed E-state index contributed by atoms with van der Waals surface area (Å²) in [6.07, 6.45) is 1.86. The third-order valence-electron chi connectivity index (χ3n) is 4.03. The lowest BCUT2D eigenvalue weighted by atomic mass is 10.2. The molecular weight excluding hydrogens is 274 g/mol. The molecule has 0 radical (unpaired) electrons. The summed E-state index contributed by atoms with van der Waals surface area (Å²) >= 11 is 0. The van der Waals surface area contributed by atoms with Crippen molar-refractivity contribution in [3.05, 3.63) is 60.2 Å². The number of rotatable bonds is 2. The fraction of sp³-hybridized carbons (Fsp3) is 0.235. The molecule has 3 aromatic rings. The van der Waals surface area contributed by atoms with Crippen LogP contribution in [0, 0.1) is 6.92 Å². The molecule has 0 atom stereocenters. The highest BCUT2D eigenvalue weighted by atomic mass is 15.3. The average Bonchev–Trinajstić information content (AvgIpc) is 2.99. The third kappa shape index (κ3) is 2.24. The Bertz CT molecular complexity index is 794. The van der Waals surface area contributed by atoms with Crippen molar-refractivity contribution in [1.82, 2.24) is 19.7 Å². The van der Waals surface area contributed by atoms with E-state index in [2.05, 4.69) is 48.9 Å². The first-order valence-electron chi connectivity index (χ1n) is 7.46. The zero-order valence-corrected chi connectivity index (χ0v) is 12.5.